The fourth-order valence-electron chi connectivity index (χ4n) is 2.80. The monoisotopic (exact) mass is 255 g/mol. The minimum Gasteiger partial charge on any atom is -0.373 e. The van der Waals surface area contributed by atoms with Gasteiger partial charge in [-0.2, -0.15) is 0 Å². The van der Waals surface area contributed by atoms with Crippen LogP contribution in [0.2, 0.25) is 0 Å². The Hall–Kier alpha value is -0.650. The number of amides is 1. The van der Waals surface area contributed by atoms with Crippen molar-refractivity contribution in [1.29, 1.82) is 0 Å². The highest BCUT2D eigenvalue weighted by atomic mass is 16.5. The van der Waals surface area contributed by atoms with E-state index in [9.17, 15) is 4.79 Å². The van der Waals surface area contributed by atoms with Crippen LogP contribution in [0.3, 0.4) is 0 Å². The highest BCUT2D eigenvalue weighted by Gasteiger charge is 2.25. The second-order valence-corrected chi connectivity index (χ2v) is 5.44. The number of carbonyl (C=O) groups excluding carboxylic acids is 1. The second kappa shape index (κ2) is 6.50. The maximum absolute atomic E-state index is 12.2. The molecule has 18 heavy (non-hydrogen) atoms. The van der Waals surface area contributed by atoms with E-state index in [0.29, 0.717) is 6.54 Å². The Labute approximate surface area is 109 Å². The highest BCUT2D eigenvalue weighted by molar-refractivity contribution is 5.78. The number of nitrogens with zero attached hydrogens (tertiary/aromatic N) is 2. The summed E-state index contributed by atoms with van der Waals surface area (Å²) in [5, 5.41) is 3.32. The lowest BCUT2D eigenvalue weighted by Crippen LogP contribution is -2.50. The number of ether oxygens (including phenoxy) is 1. The van der Waals surface area contributed by atoms with Gasteiger partial charge in [0.1, 0.15) is 0 Å². The van der Waals surface area contributed by atoms with Crippen LogP contribution in [0.5, 0.6) is 0 Å². The topological polar surface area (TPSA) is 44.8 Å². The molecule has 0 aromatic heterocycles. The molecular formula is C13H25N3O2. The molecule has 2 aliphatic heterocycles. The normalized spacial score (nSPS) is 31.1. The highest BCUT2D eigenvalue weighted by Crippen LogP contribution is 2.10. The maximum Gasteiger partial charge on any atom is 0.236 e. The zero-order valence-corrected chi connectivity index (χ0v) is 11.5. The van der Waals surface area contributed by atoms with E-state index in [-0.39, 0.29) is 18.1 Å². The molecule has 2 fully saturated rings. The molecule has 0 aromatic carbocycles. The third-order valence-electron chi connectivity index (χ3n) is 3.55. The quantitative estimate of drug-likeness (QED) is 0.749. The van der Waals surface area contributed by atoms with Crippen LogP contribution in [-0.4, -0.2) is 73.7 Å². The van der Waals surface area contributed by atoms with Crippen molar-refractivity contribution >= 4 is 5.91 Å². The van der Waals surface area contributed by atoms with E-state index in [1.54, 1.807) is 0 Å². The molecule has 0 bridgehead atoms. The van der Waals surface area contributed by atoms with Crippen molar-refractivity contribution in [2.45, 2.75) is 32.5 Å². The second-order valence-electron chi connectivity index (χ2n) is 5.44. The molecule has 0 saturated carbocycles. The fraction of sp³-hybridized carbons (Fsp3) is 0.923. The maximum atomic E-state index is 12.2. The molecule has 0 spiro atoms. The standard InChI is InChI=1S/C13H25N3O2/c1-11-8-15(9-12(2)18-11)10-13(17)16-6-3-4-14-5-7-16/h11-12,14H,3-10H2,1-2H3. The van der Waals surface area contributed by atoms with Gasteiger partial charge in [-0.1, -0.05) is 0 Å². The Bertz CT molecular complexity index is 267. The van der Waals surface area contributed by atoms with E-state index < -0.39 is 0 Å². The SMILES string of the molecule is CC1CN(CC(=O)N2CCCNCC2)CC(C)O1. The number of hydrogen-bond acceptors (Lipinski definition) is 4. The summed E-state index contributed by atoms with van der Waals surface area (Å²) in [4.78, 5) is 16.5. The summed E-state index contributed by atoms with van der Waals surface area (Å²) in [5.41, 5.74) is 0. The van der Waals surface area contributed by atoms with Crippen molar-refractivity contribution in [3.8, 4) is 0 Å². The first kappa shape index (κ1) is 13.8. The summed E-state index contributed by atoms with van der Waals surface area (Å²) < 4.78 is 5.69. The number of rotatable bonds is 2. The Morgan fingerprint density at radius 1 is 1.22 bits per heavy atom. The largest absolute Gasteiger partial charge is 0.373 e. The predicted molar refractivity (Wildman–Crippen MR) is 70.5 cm³/mol. The van der Waals surface area contributed by atoms with Gasteiger partial charge in [0.05, 0.1) is 18.8 Å². The van der Waals surface area contributed by atoms with Crippen molar-refractivity contribution in [3.63, 3.8) is 0 Å². The molecule has 2 rings (SSSR count). The fourth-order valence-corrected chi connectivity index (χ4v) is 2.80. The summed E-state index contributed by atoms with van der Waals surface area (Å²) in [6.45, 7) is 10.1. The van der Waals surface area contributed by atoms with Gasteiger partial charge in [0.2, 0.25) is 5.91 Å². The lowest BCUT2D eigenvalue weighted by molar-refractivity contribution is -0.135. The Kier molecular flexibility index (Phi) is 4.97. The lowest BCUT2D eigenvalue weighted by atomic mass is 10.2. The molecule has 0 radical (unpaired) electrons. The molecule has 2 saturated heterocycles. The Morgan fingerprint density at radius 3 is 2.67 bits per heavy atom. The molecule has 0 aliphatic carbocycles. The average molecular weight is 255 g/mol. The minimum atomic E-state index is 0.229. The molecule has 1 N–H and O–H groups in total. The number of morpholine rings is 1. The van der Waals surface area contributed by atoms with Gasteiger partial charge >= 0.3 is 0 Å². The van der Waals surface area contributed by atoms with E-state index in [2.05, 4.69) is 24.1 Å². The number of nitrogens with one attached hydrogen (secondary N) is 1. The van der Waals surface area contributed by atoms with Crippen molar-refractivity contribution in [3.05, 3.63) is 0 Å². The van der Waals surface area contributed by atoms with Gasteiger partial charge in [0.25, 0.3) is 0 Å². The van der Waals surface area contributed by atoms with Gasteiger partial charge in [0, 0.05) is 32.7 Å². The van der Waals surface area contributed by atoms with E-state index in [4.69, 9.17) is 4.74 Å². The third-order valence-corrected chi connectivity index (χ3v) is 3.55. The molecule has 104 valence electrons. The van der Waals surface area contributed by atoms with Gasteiger partial charge in [0.15, 0.2) is 0 Å². The summed E-state index contributed by atoms with van der Waals surface area (Å²) in [7, 11) is 0. The third kappa shape index (κ3) is 3.93. The van der Waals surface area contributed by atoms with Crippen molar-refractivity contribution < 1.29 is 9.53 Å². The molecule has 5 nitrogen and oxygen atoms in total. The molecule has 2 unspecified atom stereocenters. The molecule has 2 heterocycles. The average Bonchev–Trinajstić information content (AvgIpc) is 2.55. The van der Waals surface area contributed by atoms with Crippen molar-refractivity contribution in [1.82, 2.24) is 15.1 Å². The summed E-state index contributed by atoms with van der Waals surface area (Å²) in [6, 6.07) is 0. The summed E-state index contributed by atoms with van der Waals surface area (Å²) in [5.74, 6) is 0.264. The zero-order valence-electron chi connectivity index (χ0n) is 11.5. The smallest absolute Gasteiger partial charge is 0.236 e. The van der Waals surface area contributed by atoms with Crippen molar-refractivity contribution in [2.75, 3.05) is 45.8 Å². The van der Waals surface area contributed by atoms with Gasteiger partial charge in [-0.05, 0) is 26.8 Å². The first-order chi connectivity index (χ1) is 8.65. The predicted octanol–water partition coefficient (Wildman–Crippen LogP) is -0.0825. The number of carbonyl (C=O) groups is 1. The van der Waals surface area contributed by atoms with E-state index >= 15 is 0 Å². The molecule has 2 aliphatic rings. The van der Waals surface area contributed by atoms with Gasteiger partial charge in [-0.25, -0.2) is 0 Å². The van der Waals surface area contributed by atoms with Gasteiger partial charge in [-0.3, -0.25) is 9.69 Å². The Balaban J connectivity index is 1.82. The van der Waals surface area contributed by atoms with Crippen LogP contribution < -0.4 is 5.32 Å². The minimum absolute atomic E-state index is 0.229. The van der Waals surface area contributed by atoms with E-state index in [1.165, 1.54) is 0 Å². The van der Waals surface area contributed by atoms with Crippen LogP contribution in [0.15, 0.2) is 0 Å². The van der Waals surface area contributed by atoms with Crippen LogP contribution in [0, 0.1) is 0 Å². The van der Waals surface area contributed by atoms with Gasteiger partial charge < -0.3 is 15.0 Å². The van der Waals surface area contributed by atoms with Crippen molar-refractivity contribution in [2.24, 2.45) is 0 Å². The molecule has 5 heteroatoms. The number of hydrogen-bond donors (Lipinski definition) is 1. The summed E-state index contributed by atoms with van der Waals surface area (Å²) in [6.07, 6.45) is 1.52. The van der Waals surface area contributed by atoms with Crippen LogP contribution in [0.1, 0.15) is 20.3 Å². The van der Waals surface area contributed by atoms with Crippen LogP contribution in [0.4, 0.5) is 0 Å². The van der Waals surface area contributed by atoms with Crippen LogP contribution >= 0.6 is 0 Å². The first-order valence-corrected chi connectivity index (χ1v) is 7.01. The van der Waals surface area contributed by atoms with Crippen LogP contribution in [0.25, 0.3) is 0 Å². The Morgan fingerprint density at radius 2 is 1.94 bits per heavy atom. The molecular weight excluding hydrogens is 230 g/mol. The molecule has 2 atom stereocenters. The van der Waals surface area contributed by atoms with Gasteiger partial charge in [-0.15, -0.1) is 0 Å². The summed E-state index contributed by atoms with van der Waals surface area (Å²) >= 11 is 0. The first-order valence-electron chi connectivity index (χ1n) is 7.01. The zero-order chi connectivity index (χ0) is 13.0. The lowest BCUT2D eigenvalue weighted by Gasteiger charge is -2.35. The van der Waals surface area contributed by atoms with E-state index in [1.807, 2.05) is 4.90 Å². The molecule has 1 amide bonds. The van der Waals surface area contributed by atoms with E-state index in [0.717, 1.165) is 45.7 Å². The van der Waals surface area contributed by atoms with Crippen LogP contribution in [-0.2, 0) is 9.53 Å². The molecule has 0 aromatic rings.